The Hall–Kier alpha value is -1.27. The summed E-state index contributed by atoms with van der Waals surface area (Å²) in [5, 5.41) is 3.94. The fourth-order valence-electron chi connectivity index (χ4n) is 2.79. The van der Waals surface area contributed by atoms with E-state index in [1.807, 2.05) is 12.1 Å². The summed E-state index contributed by atoms with van der Waals surface area (Å²) in [5.74, 6) is -0.260. The minimum atomic E-state index is -0.260. The number of hydrogen-bond acceptors (Lipinski definition) is 3. The quantitative estimate of drug-likeness (QED) is 0.744. The van der Waals surface area contributed by atoms with Crippen LogP contribution in [0.15, 0.2) is 40.9 Å². The number of nitrogens with one attached hydrogen (secondary N) is 1. The summed E-state index contributed by atoms with van der Waals surface area (Å²) in [7, 11) is 2.11. The number of carbonyl (C=O) groups is 1. The molecule has 132 valence electrons. The van der Waals surface area contributed by atoms with E-state index in [1.54, 1.807) is 24.3 Å². The molecule has 4 nitrogen and oxygen atoms in total. The van der Waals surface area contributed by atoms with Crippen LogP contribution >= 0.6 is 39.1 Å². The van der Waals surface area contributed by atoms with Crippen LogP contribution in [0.25, 0.3) is 0 Å². The lowest BCUT2D eigenvalue weighted by Crippen LogP contribution is -2.44. The van der Waals surface area contributed by atoms with Gasteiger partial charge in [-0.1, -0.05) is 39.1 Å². The van der Waals surface area contributed by atoms with Gasteiger partial charge in [0.1, 0.15) is 0 Å². The Balaban J connectivity index is 1.87. The van der Waals surface area contributed by atoms with Crippen molar-refractivity contribution < 1.29 is 4.79 Å². The second kappa shape index (κ2) is 7.96. The summed E-state index contributed by atoms with van der Waals surface area (Å²) in [5.41, 5.74) is 2.08. The topological polar surface area (TPSA) is 35.6 Å². The Morgan fingerprint density at radius 3 is 2.52 bits per heavy atom. The van der Waals surface area contributed by atoms with E-state index in [0.717, 1.165) is 36.3 Å². The molecule has 7 heteroatoms. The van der Waals surface area contributed by atoms with Gasteiger partial charge in [0, 0.05) is 35.7 Å². The molecule has 0 spiro atoms. The molecule has 0 aliphatic carbocycles. The van der Waals surface area contributed by atoms with Gasteiger partial charge in [-0.2, -0.15) is 0 Å². The zero-order chi connectivity index (χ0) is 18.0. The Kier molecular flexibility index (Phi) is 5.89. The van der Waals surface area contributed by atoms with Gasteiger partial charge in [-0.15, -0.1) is 0 Å². The van der Waals surface area contributed by atoms with Crippen LogP contribution in [0.4, 0.5) is 11.4 Å². The molecule has 0 aromatic heterocycles. The van der Waals surface area contributed by atoms with Crippen molar-refractivity contribution in [3.63, 3.8) is 0 Å². The molecule has 0 saturated carbocycles. The molecule has 2 aromatic carbocycles. The number of piperazine rings is 1. The predicted molar refractivity (Wildman–Crippen MR) is 108 cm³/mol. The lowest BCUT2D eigenvalue weighted by atomic mass is 10.1. The number of hydrogen-bond donors (Lipinski definition) is 1. The molecule has 1 saturated heterocycles. The first-order valence-corrected chi connectivity index (χ1v) is 9.48. The summed E-state index contributed by atoms with van der Waals surface area (Å²) in [6, 6.07) is 10.8. The van der Waals surface area contributed by atoms with Crippen molar-refractivity contribution in [2.24, 2.45) is 0 Å². The van der Waals surface area contributed by atoms with Gasteiger partial charge in [-0.25, -0.2) is 0 Å². The molecule has 3 rings (SSSR count). The van der Waals surface area contributed by atoms with E-state index in [1.165, 1.54) is 0 Å². The number of benzene rings is 2. The number of rotatable bonds is 3. The maximum atomic E-state index is 12.7. The minimum absolute atomic E-state index is 0.260. The predicted octanol–water partition coefficient (Wildman–Crippen LogP) is 4.76. The van der Waals surface area contributed by atoms with Gasteiger partial charge < -0.3 is 15.1 Å². The van der Waals surface area contributed by atoms with E-state index in [2.05, 4.69) is 38.1 Å². The van der Waals surface area contributed by atoms with Crippen LogP contribution in [0.2, 0.25) is 10.0 Å². The monoisotopic (exact) mass is 441 g/mol. The molecule has 0 unspecified atom stereocenters. The Morgan fingerprint density at radius 1 is 1.08 bits per heavy atom. The second-order valence-corrected chi connectivity index (χ2v) is 7.79. The third-order valence-corrected chi connectivity index (χ3v) is 5.28. The molecular weight excluding hydrogens is 425 g/mol. The fraction of sp³-hybridized carbons (Fsp3) is 0.278. The van der Waals surface area contributed by atoms with Crippen LogP contribution in [0.5, 0.6) is 0 Å². The van der Waals surface area contributed by atoms with Gasteiger partial charge in [0.15, 0.2) is 0 Å². The molecule has 0 radical (unpaired) electrons. The van der Waals surface area contributed by atoms with Gasteiger partial charge in [-0.3, -0.25) is 4.79 Å². The SMILES string of the molecule is CN1CCN(c2ccc(Cl)cc2NC(=O)c2cc(Br)ccc2Cl)CC1. The summed E-state index contributed by atoms with van der Waals surface area (Å²) >= 11 is 15.7. The fourth-order valence-corrected chi connectivity index (χ4v) is 3.53. The average Bonchev–Trinajstić information content (AvgIpc) is 2.58. The minimum Gasteiger partial charge on any atom is -0.367 e. The van der Waals surface area contributed by atoms with Crippen LogP contribution in [0.3, 0.4) is 0 Å². The molecular formula is C18H18BrCl2N3O. The van der Waals surface area contributed by atoms with Crippen LogP contribution in [-0.4, -0.2) is 44.0 Å². The third-order valence-electron chi connectivity index (χ3n) is 4.22. The van der Waals surface area contributed by atoms with E-state index in [-0.39, 0.29) is 5.91 Å². The van der Waals surface area contributed by atoms with Crippen molar-refractivity contribution in [3.05, 3.63) is 56.5 Å². The van der Waals surface area contributed by atoms with Crippen LogP contribution < -0.4 is 10.2 Å². The normalized spacial score (nSPS) is 15.3. The number of anilines is 2. The molecule has 2 aromatic rings. The summed E-state index contributed by atoms with van der Waals surface area (Å²) in [4.78, 5) is 17.2. The van der Waals surface area contributed by atoms with Crippen LogP contribution in [0, 0.1) is 0 Å². The van der Waals surface area contributed by atoms with Crippen molar-refractivity contribution in [1.29, 1.82) is 0 Å². The third kappa shape index (κ3) is 4.47. The molecule has 1 aliphatic rings. The highest BCUT2D eigenvalue weighted by molar-refractivity contribution is 9.10. The summed E-state index contributed by atoms with van der Waals surface area (Å²) < 4.78 is 0.799. The molecule has 25 heavy (non-hydrogen) atoms. The smallest absolute Gasteiger partial charge is 0.257 e. The van der Waals surface area contributed by atoms with Gasteiger partial charge in [-0.05, 0) is 43.4 Å². The molecule has 1 amide bonds. The Morgan fingerprint density at radius 2 is 1.80 bits per heavy atom. The lowest BCUT2D eigenvalue weighted by Gasteiger charge is -2.35. The Bertz CT molecular complexity index is 792. The van der Waals surface area contributed by atoms with Crippen molar-refractivity contribution in [2.75, 3.05) is 43.4 Å². The van der Waals surface area contributed by atoms with Crippen LogP contribution in [0.1, 0.15) is 10.4 Å². The van der Waals surface area contributed by atoms with Gasteiger partial charge >= 0.3 is 0 Å². The standard InChI is InChI=1S/C18H18BrCl2N3O/c1-23-6-8-24(9-7-23)17-5-3-13(20)11-16(17)22-18(25)14-10-12(19)2-4-15(14)21/h2-5,10-11H,6-9H2,1H3,(H,22,25). The first-order valence-electron chi connectivity index (χ1n) is 7.93. The van der Waals surface area contributed by atoms with Gasteiger partial charge in [0.25, 0.3) is 5.91 Å². The van der Waals surface area contributed by atoms with E-state index < -0.39 is 0 Å². The maximum absolute atomic E-state index is 12.7. The molecule has 1 fully saturated rings. The number of likely N-dealkylation sites (N-methyl/N-ethyl adjacent to an activating group) is 1. The van der Waals surface area contributed by atoms with E-state index in [9.17, 15) is 4.79 Å². The second-order valence-electron chi connectivity index (χ2n) is 6.03. The highest BCUT2D eigenvalue weighted by atomic mass is 79.9. The van der Waals surface area contributed by atoms with Crippen molar-refractivity contribution in [1.82, 2.24) is 4.90 Å². The first kappa shape index (κ1) is 18.5. The molecule has 1 aliphatic heterocycles. The molecule has 0 bridgehead atoms. The highest BCUT2D eigenvalue weighted by Gasteiger charge is 2.19. The van der Waals surface area contributed by atoms with E-state index in [0.29, 0.717) is 21.3 Å². The lowest BCUT2D eigenvalue weighted by molar-refractivity contribution is 0.102. The highest BCUT2D eigenvalue weighted by Crippen LogP contribution is 2.31. The molecule has 1 heterocycles. The number of amides is 1. The van der Waals surface area contributed by atoms with E-state index >= 15 is 0 Å². The number of nitrogens with zero attached hydrogens (tertiary/aromatic N) is 2. The van der Waals surface area contributed by atoms with E-state index in [4.69, 9.17) is 23.2 Å². The van der Waals surface area contributed by atoms with Gasteiger partial charge in [0.05, 0.1) is 22.0 Å². The average molecular weight is 443 g/mol. The molecule has 0 atom stereocenters. The van der Waals surface area contributed by atoms with Crippen LogP contribution in [-0.2, 0) is 0 Å². The van der Waals surface area contributed by atoms with Gasteiger partial charge in [0.2, 0.25) is 0 Å². The summed E-state index contributed by atoms with van der Waals surface area (Å²) in [6.45, 7) is 3.76. The summed E-state index contributed by atoms with van der Waals surface area (Å²) in [6.07, 6.45) is 0. The van der Waals surface area contributed by atoms with Crippen molar-refractivity contribution in [3.8, 4) is 0 Å². The zero-order valence-corrected chi connectivity index (χ0v) is 16.8. The largest absolute Gasteiger partial charge is 0.367 e. The zero-order valence-electron chi connectivity index (χ0n) is 13.7. The van der Waals surface area contributed by atoms with Crippen molar-refractivity contribution >= 4 is 56.4 Å². The maximum Gasteiger partial charge on any atom is 0.257 e. The number of halogens is 3. The Labute approximate surface area is 165 Å². The molecule has 1 N–H and O–H groups in total. The van der Waals surface area contributed by atoms with Crippen molar-refractivity contribution in [2.45, 2.75) is 0 Å². The number of carbonyl (C=O) groups excluding carboxylic acids is 1. The first-order chi connectivity index (χ1) is 11.9.